The summed E-state index contributed by atoms with van der Waals surface area (Å²) in [5.74, 6) is -0.149. The highest BCUT2D eigenvalue weighted by atomic mass is 35.5. The fourth-order valence-electron chi connectivity index (χ4n) is 3.63. The van der Waals surface area contributed by atoms with Crippen molar-refractivity contribution >= 4 is 51.7 Å². The number of benzene rings is 3. The van der Waals surface area contributed by atoms with Gasteiger partial charge < -0.3 is 10.1 Å². The van der Waals surface area contributed by atoms with Gasteiger partial charge in [-0.3, -0.25) is 14.5 Å². The Hall–Kier alpha value is -3.36. The van der Waals surface area contributed by atoms with E-state index in [9.17, 15) is 14.0 Å². The number of ether oxygens (including phenoxy) is 1. The molecule has 0 aromatic heterocycles. The number of carbonyl (C=O) groups is 2. The Kier molecular flexibility index (Phi) is 8.61. The van der Waals surface area contributed by atoms with Gasteiger partial charge in [-0.05, 0) is 67.4 Å². The van der Waals surface area contributed by atoms with Crippen LogP contribution >= 0.6 is 23.4 Å². The first-order valence-corrected chi connectivity index (χ1v) is 12.8. The van der Waals surface area contributed by atoms with Crippen molar-refractivity contribution in [3.05, 3.63) is 89.2 Å². The number of rotatable bonds is 8. The summed E-state index contributed by atoms with van der Waals surface area (Å²) in [4.78, 5) is 32.5. The SMILES string of the molecule is CCOc1cccc(NC(=O)C2CC(=O)N(CCc3ccc(F)cc3)C(=Nc3ccc(Cl)cc3)S2)c1. The molecule has 1 heterocycles. The lowest BCUT2D eigenvalue weighted by Gasteiger charge is -2.32. The molecular weight excluding hydrogens is 501 g/mol. The lowest BCUT2D eigenvalue weighted by atomic mass is 10.1. The van der Waals surface area contributed by atoms with Crippen LogP contribution in [-0.2, 0) is 16.0 Å². The van der Waals surface area contributed by atoms with Gasteiger partial charge in [0.15, 0.2) is 5.17 Å². The molecule has 0 aliphatic carbocycles. The number of nitrogens with zero attached hydrogens (tertiary/aromatic N) is 2. The number of amidine groups is 1. The molecule has 36 heavy (non-hydrogen) atoms. The zero-order valence-electron chi connectivity index (χ0n) is 19.6. The van der Waals surface area contributed by atoms with Gasteiger partial charge in [0.1, 0.15) is 16.8 Å². The maximum absolute atomic E-state index is 13.3. The Morgan fingerprint density at radius 3 is 2.64 bits per heavy atom. The van der Waals surface area contributed by atoms with E-state index in [2.05, 4.69) is 10.3 Å². The fraction of sp³-hybridized carbons (Fsp3) is 0.222. The average Bonchev–Trinajstić information content (AvgIpc) is 2.86. The topological polar surface area (TPSA) is 71.0 Å². The molecule has 1 aliphatic heterocycles. The molecule has 1 saturated heterocycles. The predicted molar refractivity (Wildman–Crippen MR) is 143 cm³/mol. The molecule has 186 valence electrons. The van der Waals surface area contributed by atoms with Crippen LogP contribution in [0.2, 0.25) is 5.02 Å². The third kappa shape index (κ3) is 6.86. The van der Waals surface area contributed by atoms with Crippen molar-refractivity contribution in [1.29, 1.82) is 0 Å². The first kappa shape index (κ1) is 25.7. The number of hydrogen-bond donors (Lipinski definition) is 1. The molecule has 1 fully saturated rings. The van der Waals surface area contributed by atoms with Crippen LogP contribution in [0.1, 0.15) is 18.9 Å². The van der Waals surface area contributed by atoms with Crippen LogP contribution < -0.4 is 10.1 Å². The first-order chi connectivity index (χ1) is 17.4. The van der Waals surface area contributed by atoms with E-state index in [1.165, 1.54) is 23.9 Å². The van der Waals surface area contributed by atoms with E-state index in [0.29, 0.717) is 46.9 Å². The van der Waals surface area contributed by atoms with Crippen LogP contribution in [0.3, 0.4) is 0 Å². The summed E-state index contributed by atoms with van der Waals surface area (Å²) in [5, 5.41) is 3.24. The van der Waals surface area contributed by atoms with Crippen molar-refractivity contribution in [2.45, 2.75) is 25.0 Å². The Morgan fingerprint density at radius 1 is 1.17 bits per heavy atom. The molecule has 3 aromatic carbocycles. The predicted octanol–water partition coefficient (Wildman–Crippen LogP) is 6.08. The second kappa shape index (κ2) is 12.1. The van der Waals surface area contributed by atoms with Crippen molar-refractivity contribution < 1.29 is 18.7 Å². The third-order valence-corrected chi connectivity index (χ3v) is 6.87. The molecular formula is C27H25ClFN3O3S. The molecule has 1 atom stereocenters. The van der Waals surface area contributed by atoms with Gasteiger partial charge >= 0.3 is 0 Å². The summed E-state index contributed by atoms with van der Waals surface area (Å²) in [5.41, 5.74) is 2.11. The number of halogens is 2. The highest BCUT2D eigenvalue weighted by molar-refractivity contribution is 8.15. The van der Waals surface area contributed by atoms with Gasteiger partial charge in [0, 0.05) is 29.7 Å². The Labute approximate surface area is 218 Å². The molecule has 6 nitrogen and oxygen atoms in total. The monoisotopic (exact) mass is 525 g/mol. The second-order valence-corrected chi connectivity index (χ2v) is 9.66. The highest BCUT2D eigenvalue weighted by Crippen LogP contribution is 2.31. The zero-order valence-corrected chi connectivity index (χ0v) is 21.2. The number of amides is 2. The van der Waals surface area contributed by atoms with Crippen molar-refractivity contribution in [2.75, 3.05) is 18.5 Å². The molecule has 0 radical (unpaired) electrons. The van der Waals surface area contributed by atoms with E-state index < -0.39 is 5.25 Å². The standard InChI is InChI=1S/C27H25ClFN3O3S/c1-2-35-23-5-3-4-22(16-23)30-26(34)24-17-25(33)32(15-14-18-6-10-20(29)11-7-18)27(36-24)31-21-12-8-19(28)9-13-21/h3-13,16,24H,2,14-15,17H2,1H3,(H,30,34). The average molecular weight is 526 g/mol. The summed E-state index contributed by atoms with van der Waals surface area (Å²) in [6, 6.07) is 20.2. The fourth-order valence-corrected chi connectivity index (χ4v) is 4.88. The van der Waals surface area contributed by atoms with Crippen LogP contribution in [-0.4, -0.2) is 40.3 Å². The number of thioether (sulfide) groups is 1. The minimum atomic E-state index is -0.652. The second-order valence-electron chi connectivity index (χ2n) is 8.05. The number of aliphatic imine (C=N–C) groups is 1. The van der Waals surface area contributed by atoms with Gasteiger partial charge in [0.25, 0.3) is 0 Å². The van der Waals surface area contributed by atoms with Gasteiger partial charge in [-0.1, -0.05) is 41.6 Å². The summed E-state index contributed by atoms with van der Waals surface area (Å²) in [7, 11) is 0. The first-order valence-electron chi connectivity index (χ1n) is 11.5. The maximum atomic E-state index is 13.3. The Morgan fingerprint density at radius 2 is 1.92 bits per heavy atom. The van der Waals surface area contributed by atoms with E-state index in [-0.39, 0.29) is 24.1 Å². The van der Waals surface area contributed by atoms with Crippen LogP contribution in [0.4, 0.5) is 15.8 Å². The van der Waals surface area contributed by atoms with E-state index in [1.807, 2.05) is 13.0 Å². The summed E-state index contributed by atoms with van der Waals surface area (Å²) in [6.07, 6.45) is 0.554. The minimum Gasteiger partial charge on any atom is -0.494 e. The summed E-state index contributed by atoms with van der Waals surface area (Å²) < 4.78 is 18.8. The van der Waals surface area contributed by atoms with Gasteiger partial charge in [0.2, 0.25) is 11.8 Å². The van der Waals surface area contributed by atoms with Crippen LogP contribution in [0.25, 0.3) is 0 Å². The van der Waals surface area contributed by atoms with Crippen LogP contribution in [0.15, 0.2) is 77.8 Å². The number of nitrogens with one attached hydrogen (secondary N) is 1. The zero-order chi connectivity index (χ0) is 25.5. The smallest absolute Gasteiger partial charge is 0.238 e. The van der Waals surface area contributed by atoms with E-state index in [1.54, 1.807) is 59.5 Å². The van der Waals surface area contributed by atoms with Gasteiger partial charge in [-0.2, -0.15) is 0 Å². The Balaban J connectivity index is 1.53. The highest BCUT2D eigenvalue weighted by Gasteiger charge is 2.35. The normalized spacial score (nSPS) is 16.8. The number of hydrogen-bond acceptors (Lipinski definition) is 5. The van der Waals surface area contributed by atoms with Crippen molar-refractivity contribution in [3.8, 4) is 5.75 Å². The molecule has 2 amide bonds. The number of anilines is 1. The largest absolute Gasteiger partial charge is 0.494 e. The van der Waals surface area contributed by atoms with Crippen LogP contribution in [0, 0.1) is 5.82 Å². The molecule has 1 unspecified atom stereocenters. The lowest BCUT2D eigenvalue weighted by Crippen LogP contribution is -2.46. The summed E-state index contributed by atoms with van der Waals surface area (Å²) >= 11 is 7.24. The molecule has 1 N–H and O–H groups in total. The summed E-state index contributed by atoms with van der Waals surface area (Å²) in [6.45, 7) is 2.76. The third-order valence-electron chi connectivity index (χ3n) is 5.43. The van der Waals surface area contributed by atoms with Gasteiger partial charge in [0.05, 0.1) is 12.3 Å². The van der Waals surface area contributed by atoms with Crippen molar-refractivity contribution in [3.63, 3.8) is 0 Å². The lowest BCUT2D eigenvalue weighted by molar-refractivity contribution is -0.129. The van der Waals surface area contributed by atoms with Crippen molar-refractivity contribution in [2.24, 2.45) is 4.99 Å². The van der Waals surface area contributed by atoms with Gasteiger partial charge in [-0.15, -0.1) is 0 Å². The van der Waals surface area contributed by atoms with E-state index >= 15 is 0 Å². The molecule has 0 bridgehead atoms. The molecule has 3 aromatic rings. The molecule has 4 rings (SSSR count). The van der Waals surface area contributed by atoms with Crippen LogP contribution in [0.5, 0.6) is 5.75 Å². The van der Waals surface area contributed by atoms with Gasteiger partial charge in [-0.25, -0.2) is 9.38 Å². The van der Waals surface area contributed by atoms with E-state index in [0.717, 1.165) is 5.56 Å². The number of carbonyl (C=O) groups excluding carboxylic acids is 2. The molecule has 9 heteroatoms. The van der Waals surface area contributed by atoms with Crippen molar-refractivity contribution in [1.82, 2.24) is 4.90 Å². The molecule has 0 saturated carbocycles. The minimum absolute atomic E-state index is 0.0324. The Bertz CT molecular complexity index is 1250. The van der Waals surface area contributed by atoms with E-state index in [4.69, 9.17) is 16.3 Å². The quantitative estimate of drug-likeness (QED) is 0.387. The maximum Gasteiger partial charge on any atom is 0.238 e. The molecule has 1 aliphatic rings. The molecule has 0 spiro atoms.